The molecule has 2 N–H and O–H groups in total. The van der Waals surface area contributed by atoms with Gasteiger partial charge in [-0.05, 0) is 25.5 Å². The van der Waals surface area contributed by atoms with E-state index in [4.69, 9.17) is 10.5 Å². The van der Waals surface area contributed by atoms with E-state index in [0.29, 0.717) is 16.8 Å². The van der Waals surface area contributed by atoms with E-state index in [1.54, 1.807) is 31.2 Å². The molecule has 0 aliphatic carbocycles. The molecule has 3 aromatic rings. The zero-order chi connectivity index (χ0) is 18.0. The summed E-state index contributed by atoms with van der Waals surface area (Å²) in [5.74, 6) is -1.33. The summed E-state index contributed by atoms with van der Waals surface area (Å²) in [6.07, 6.45) is -1.14. The van der Waals surface area contributed by atoms with Gasteiger partial charge in [-0.15, -0.1) is 0 Å². The van der Waals surface area contributed by atoms with Crippen molar-refractivity contribution in [3.63, 3.8) is 0 Å². The van der Waals surface area contributed by atoms with Gasteiger partial charge >= 0.3 is 5.97 Å². The van der Waals surface area contributed by atoms with Crippen molar-refractivity contribution in [2.24, 2.45) is 5.73 Å². The van der Waals surface area contributed by atoms with Crippen molar-refractivity contribution in [2.45, 2.75) is 20.0 Å². The Morgan fingerprint density at radius 2 is 1.64 bits per heavy atom. The van der Waals surface area contributed by atoms with E-state index in [2.05, 4.69) is 4.98 Å². The van der Waals surface area contributed by atoms with E-state index in [-0.39, 0.29) is 0 Å². The van der Waals surface area contributed by atoms with Gasteiger partial charge in [0.2, 0.25) is 6.10 Å². The van der Waals surface area contributed by atoms with Crippen LogP contribution in [-0.2, 0) is 9.53 Å². The first-order chi connectivity index (χ1) is 12.0. The number of carbonyl (C=O) groups excluding carboxylic acids is 2. The molecular weight excluding hydrogens is 316 g/mol. The van der Waals surface area contributed by atoms with Crippen LogP contribution in [0, 0.1) is 13.8 Å². The molecule has 5 nitrogen and oxygen atoms in total. The average molecular weight is 334 g/mol. The van der Waals surface area contributed by atoms with Gasteiger partial charge in [0.25, 0.3) is 5.91 Å². The molecule has 3 rings (SSSR count). The average Bonchev–Trinajstić information content (AvgIpc) is 2.60. The first-order valence-electron chi connectivity index (χ1n) is 7.90. The fraction of sp³-hybridized carbons (Fsp3) is 0.150. The zero-order valence-electron chi connectivity index (χ0n) is 14.0. The van der Waals surface area contributed by atoms with Gasteiger partial charge in [-0.25, -0.2) is 4.79 Å². The Balaban J connectivity index is 2.00. The van der Waals surface area contributed by atoms with Gasteiger partial charge in [-0.1, -0.05) is 48.5 Å². The second-order valence-electron chi connectivity index (χ2n) is 5.81. The smallest absolute Gasteiger partial charge is 0.341 e. The fourth-order valence-corrected chi connectivity index (χ4v) is 2.92. The largest absolute Gasteiger partial charge is 0.444 e. The van der Waals surface area contributed by atoms with Crippen LogP contribution < -0.4 is 5.73 Å². The topological polar surface area (TPSA) is 82.3 Å². The standard InChI is InChI=1S/C20H18N2O3/c1-12-15-10-6-7-11-16(15)22-13(2)17(12)20(24)25-18(19(21)23)14-8-4-3-5-9-14/h3-11,18H,1-2H3,(H2,21,23)/t18-/m1/s1. The lowest BCUT2D eigenvalue weighted by atomic mass is 10.0. The van der Waals surface area contributed by atoms with E-state index in [1.165, 1.54) is 0 Å². The number of hydrogen-bond donors (Lipinski definition) is 1. The highest BCUT2D eigenvalue weighted by molar-refractivity contribution is 5.99. The van der Waals surface area contributed by atoms with Crippen molar-refractivity contribution in [3.05, 3.63) is 77.0 Å². The summed E-state index contributed by atoms with van der Waals surface area (Å²) in [7, 11) is 0. The predicted molar refractivity (Wildman–Crippen MR) is 95.0 cm³/mol. The van der Waals surface area contributed by atoms with Gasteiger partial charge in [0.05, 0.1) is 16.8 Å². The van der Waals surface area contributed by atoms with Crippen LogP contribution >= 0.6 is 0 Å². The van der Waals surface area contributed by atoms with Gasteiger partial charge in [0.1, 0.15) is 0 Å². The minimum atomic E-state index is -1.14. The van der Waals surface area contributed by atoms with E-state index in [9.17, 15) is 9.59 Å². The summed E-state index contributed by atoms with van der Waals surface area (Å²) in [6.45, 7) is 3.59. The third-order valence-corrected chi connectivity index (χ3v) is 4.12. The van der Waals surface area contributed by atoms with Crippen molar-refractivity contribution in [2.75, 3.05) is 0 Å². The second kappa shape index (κ2) is 6.73. The van der Waals surface area contributed by atoms with Crippen LogP contribution in [0.25, 0.3) is 10.9 Å². The number of ether oxygens (including phenoxy) is 1. The molecule has 1 heterocycles. The van der Waals surface area contributed by atoms with Crippen LogP contribution in [0.1, 0.15) is 33.3 Å². The lowest BCUT2D eigenvalue weighted by Crippen LogP contribution is -2.27. The molecule has 1 atom stereocenters. The SMILES string of the molecule is Cc1nc2ccccc2c(C)c1C(=O)O[C@@H](C(N)=O)c1ccccc1. The van der Waals surface area contributed by atoms with Gasteiger partial charge < -0.3 is 10.5 Å². The van der Waals surface area contributed by atoms with Crippen LogP contribution in [-0.4, -0.2) is 16.9 Å². The van der Waals surface area contributed by atoms with Gasteiger partial charge in [-0.3, -0.25) is 9.78 Å². The number of fused-ring (bicyclic) bond motifs is 1. The number of benzene rings is 2. The highest BCUT2D eigenvalue weighted by atomic mass is 16.5. The second-order valence-corrected chi connectivity index (χ2v) is 5.81. The summed E-state index contributed by atoms with van der Waals surface area (Å²) in [5.41, 5.74) is 8.46. The molecule has 0 spiro atoms. The van der Waals surface area contributed by atoms with E-state index >= 15 is 0 Å². The normalized spacial score (nSPS) is 11.9. The third-order valence-electron chi connectivity index (χ3n) is 4.12. The number of primary amides is 1. The molecule has 1 amide bonds. The molecule has 0 unspecified atom stereocenters. The number of rotatable bonds is 4. The van der Waals surface area contributed by atoms with E-state index in [0.717, 1.165) is 16.5 Å². The minimum absolute atomic E-state index is 0.362. The number of amides is 1. The Morgan fingerprint density at radius 3 is 2.32 bits per heavy atom. The molecular formula is C20H18N2O3. The molecule has 0 bridgehead atoms. The highest BCUT2D eigenvalue weighted by Gasteiger charge is 2.26. The molecule has 0 saturated heterocycles. The molecule has 0 fully saturated rings. The molecule has 126 valence electrons. The number of esters is 1. The molecule has 0 aliphatic heterocycles. The quantitative estimate of drug-likeness (QED) is 0.743. The van der Waals surface area contributed by atoms with Gasteiger partial charge in [-0.2, -0.15) is 0 Å². The summed E-state index contributed by atoms with van der Waals surface area (Å²) < 4.78 is 5.44. The third kappa shape index (κ3) is 3.21. The maximum absolute atomic E-state index is 12.7. The van der Waals surface area contributed by atoms with Crippen LogP contribution in [0.15, 0.2) is 54.6 Å². The number of hydrogen-bond acceptors (Lipinski definition) is 4. The number of para-hydroxylation sites is 1. The van der Waals surface area contributed by atoms with Crippen LogP contribution in [0.4, 0.5) is 0 Å². The number of aromatic nitrogens is 1. The summed E-state index contributed by atoms with van der Waals surface area (Å²) in [6, 6.07) is 16.3. The number of pyridine rings is 1. The van der Waals surface area contributed by atoms with E-state index < -0.39 is 18.0 Å². The van der Waals surface area contributed by atoms with Crippen LogP contribution in [0.2, 0.25) is 0 Å². The zero-order valence-corrected chi connectivity index (χ0v) is 14.0. The summed E-state index contributed by atoms with van der Waals surface area (Å²) >= 11 is 0. The first kappa shape index (κ1) is 16.6. The van der Waals surface area contributed by atoms with Gasteiger partial charge in [0, 0.05) is 10.9 Å². The predicted octanol–water partition coefficient (Wildman–Crippen LogP) is 3.24. The first-order valence-corrected chi connectivity index (χ1v) is 7.90. The maximum atomic E-state index is 12.7. The van der Waals surface area contributed by atoms with Crippen molar-refractivity contribution in [3.8, 4) is 0 Å². The molecule has 2 aromatic carbocycles. The summed E-state index contributed by atoms with van der Waals surface area (Å²) in [4.78, 5) is 29.0. The Labute approximate surface area is 145 Å². The highest BCUT2D eigenvalue weighted by Crippen LogP contribution is 2.25. The van der Waals surface area contributed by atoms with Crippen LogP contribution in [0.3, 0.4) is 0 Å². The lowest BCUT2D eigenvalue weighted by Gasteiger charge is -2.17. The Morgan fingerprint density at radius 1 is 1.00 bits per heavy atom. The van der Waals surface area contributed by atoms with Crippen molar-refractivity contribution >= 4 is 22.8 Å². The molecule has 0 radical (unpaired) electrons. The Bertz CT molecular complexity index is 952. The van der Waals surface area contributed by atoms with Crippen molar-refractivity contribution < 1.29 is 14.3 Å². The van der Waals surface area contributed by atoms with E-state index in [1.807, 2.05) is 37.3 Å². The number of nitrogens with zero attached hydrogens (tertiary/aromatic N) is 1. The molecule has 0 saturated carbocycles. The Kier molecular flexibility index (Phi) is 4.48. The molecule has 1 aromatic heterocycles. The number of nitrogens with two attached hydrogens (primary N) is 1. The van der Waals surface area contributed by atoms with Crippen molar-refractivity contribution in [1.29, 1.82) is 0 Å². The number of aryl methyl sites for hydroxylation is 2. The number of carbonyl (C=O) groups is 2. The van der Waals surface area contributed by atoms with Crippen LogP contribution in [0.5, 0.6) is 0 Å². The Hall–Kier alpha value is -3.21. The van der Waals surface area contributed by atoms with Crippen molar-refractivity contribution in [1.82, 2.24) is 4.98 Å². The minimum Gasteiger partial charge on any atom is -0.444 e. The summed E-state index contributed by atoms with van der Waals surface area (Å²) in [5, 5.41) is 0.871. The molecule has 0 aliphatic rings. The molecule has 5 heteroatoms. The molecule has 25 heavy (non-hydrogen) atoms. The maximum Gasteiger partial charge on any atom is 0.341 e. The lowest BCUT2D eigenvalue weighted by molar-refractivity contribution is -0.127. The van der Waals surface area contributed by atoms with Gasteiger partial charge in [0.15, 0.2) is 0 Å². The fourth-order valence-electron chi connectivity index (χ4n) is 2.92. The monoisotopic (exact) mass is 334 g/mol.